The van der Waals surface area contributed by atoms with Crippen LogP contribution in [0.4, 0.5) is 40.8 Å². The second kappa shape index (κ2) is 10.7. The van der Waals surface area contributed by atoms with Gasteiger partial charge in [0, 0.05) is 36.6 Å². The molecule has 8 nitrogen and oxygen atoms in total. The summed E-state index contributed by atoms with van der Waals surface area (Å²) < 4.78 is 109. The number of halogens is 8. The van der Waals surface area contributed by atoms with Gasteiger partial charge in [-0.3, -0.25) is 9.59 Å². The quantitative estimate of drug-likeness (QED) is 0.297. The summed E-state index contributed by atoms with van der Waals surface area (Å²) in [6.45, 7) is 1.45. The molecule has 0 aliphatic heterocycles. The largest absolute Gasteiger partial charge is 0.423 e. The van der Waals surface area contributed by atoms with E-state index in [1.807, 2.05) is 0 Å². The fraction of sp³-hybridized carbons (Fsp3) is 0.292. The Morgan fingerprint density at radius 1 is 0.950 bits per heavy atom. The van der Waals surface area contributed by atoms with E-state index in [0.717, 1.165) is 29.1 Å². The second-order valence-corrected chi connectivity index (χ2v) is 8.82. The lowest BCUT2D eigenvalue weighted by molar-refractivity contribution is -0.139. The fourth-order valence-electron chi connectivity index (χ4n) is 4.01. The summed E-state index contributed by atoms with van der Waals surface area (Å²) in [7, 11) is 0. The number of anilines is 1. The molecule has 0 saturated carbocycles. The first-order chi connectivity index (χ1) is 18.7. The third-order valence-electron chi connectivity index (χ3n) is 5.92. The number of nitrogens with zero attached hydrogens (tertiary/aromatic N) is 4. The molecule has 3 aromatic heterocycles. The Labute approximate surface area is 218 Å². The molecule has 16 heteroatoms. The van der Waals surface area contributed by atoms with E-state index in [4.69, 9.17) is 0 Å². The summed E-state index contributed by atoms with van der Waals surface area (Å²) in [5.41, 5.74) is -5.72. The Morgan fingerprint density at radius 2 is 1.62 bits per heavy atom. The Bertz CT molecular complexity index is 1660. The first-order valence-electron chi connectivity index (χ1n) is 11.5. The number of alkyl halides is 6. The van der Waals surface area contributed by atoms with Gasteiger partial charge < -0.3 is 9.88 Å². The van der Waals surface area contributed by atoms with E-state index in [0.29, 0.717) is 12.4 Å². The van der Waals surface area contributed by atoms with Gasteiger partial charge >= 0.3 is 12.4 Å². The van der Waals surface area contributed by atoms with Crippen molar-refractivity contribution in [3.05, 3.63) is 80.4 Å². The Balaban J connectivity index is 1.52. The zero-order valence-electron chi connectivity index (χ0n) is 20.3. The summed E-state index contributed by atoms with van der Waals surface area (Å²) >= 11 is 0. The van der Waals surface area contributed by atoms with Crippen LogP contribution in [-0.2, 0) is 18.9 Å². The van der Waals surface area contributed by atoms with Crippen LogP contribution in [0.1, 0.15) is 30.9 Å². The molecule has 0 aliphatic carbocycles. The van der Waals surface area contributed by atoms with E-state index in [9.17, 15) is 44.7 Å². The first kappa shape index (κ1) is 28.6. The van der Waals surface area contributed by atoms with Crippen molar-refractivity contribution < 1.29 is 35.1 Å². The van der Waals surface area contributed by atoms with Crippen LogP contribution in [0.5, 0.6) is 0 Å². The van der Waals surface area contributed by atoms with Crippen molar-refractivity contribution in [1.29, 1.82) is 0 Å². The summed E-state index contributed by atoms with van der Waals surface area (Å²) in [6.07, 6.45) is -6.69. The van der Waals surface area contributed by atoms with Gasteiger partial charge in [0.2, 0.25) is 0 Å². The van der Waals surface area contributed by atoms with E-state index in [-0.39, 0.29) is 30.2 Å². The summed E-state index contributed by atoms with van der Waals surface area (Å²) in [5.74, 6) is -2.44. The first-order valence-corrected chi connectivity index (χ1v) is 11.5. The number of H-pyrrole nitrogens is 1. The van der Waals surface area contributed by atoms with E-state index < -0.39 is 69.3 Å². The van der Waals surface area contributed by atoms with Crippen molar-refractivity contribution in [3.63, 3.8) is 0 Å². The van der Waals surface area contributed by atoms with Gasteiger partial charge in [-0.25, -0.2) is 23.8 Å². The highest BCUT2D eigenvalue weighted by molar-refractivity contribution is 5.86. The van der Waals surface area contributed by atoms with E-state index in [1.165, 1.54) is 6.92 Å². The van der Waals surface area contributed by atoms with Gasteiger partial charge in [0.25, 0.3) is 11.1 Å². The van der Waals surface area contributed by atoms with Gasteiger partial charge in [-0.05, 0) is 31.9 Å². The zero-order valence-corrected chi connectivity index (χ0v) is 20.3. The van der Waals surface area contributed by atoms with E-state index in [1.54, 1.807) is 5.10 Å². The standard InChI is InChI=1S/C24H18F8N6O2/c1-11(36-18-9-35-37-21(39)19(18)24(30,31)32)3-2-4-38-10-17(26)13-5-15(16(25)6-14(13)22(38)40)20-33-7-12(8-34-20)23(27,28)29/h5-11H,2-4H2,1H3,(H2,36,37,39). The summed E-state index contributed by atoms with van der Waals surface area (Å²) in [4.78, 5) is 31.5. The van der Waals surface area contributed by atoms with Gasteiger partial charge in [0.1, 0.15) is 17.2 Å². The van der Waals surface area contributed by atoms with Crippen LogP contribution in [-0.4, -0.2) is 30.8 Å². The molecule has 1 unspecified atom stereocenters. The lowest BCUT2D eigenvalue weighted by Crippen LogP contribution is -2.27. The number of rotatable bonds is 7. The monoisotopic (exact) mass is 574 g/mol. The highest BCUT2D eigenvalue weighted by Crippen LogP contribution is 2.32. The van der Waals surface area contributed by atoms with E-state index in [2.05, 4.69) is 20.4 Å². The molecule has 0 saturated heterocycles. The van der Waals surface area contributed by atoms with Crippen molar-refractivity contribution >= 4 is 16.5 Å². The van der Waals surface area contributed by atoms with Crippen molar-refractivity contribution in [1.82, 2.24) is 24.7 Å². The summed E-state index contributed by atoms with van der Waals surface area (Å²) in [6, 6.07) is 1.04. The number of nitrogens with one attached hydrogen (secondary N) is 2. The molecular weight excluding hydrogens is 556 g/mol. The highest BCUT2D eigenvalue weighted by atomic mass is 19.4. The molecule has 4 rings (SSSR count). The van der Waals surface area contributed by atoms with Crippen LogP contribution in [0.15, 0.2) is 46.5 Å². The Kier molecular flexibility index (Phi) is 7.63. The maximum absolute atomic E-state index is 14.9. The minimum atomic E-state index is -4.93. The van der Waals surface area contributed by atoms with Crippen molar-refractivity contribution in [3.8, 4) is 11.4 Å². The number of benzene rings is 1. The maximum atomic E-state index is 14.9. The third-order valence-corrected chi connectivity index (χ3v) is 5.92. The summed E-state index contributed by atoms with van der Waals surface area (Å²) in [5, 5.41) is 6.99. The Hall–Kier alpha value is -4.37. The number of aryl methyl sites for hydroxylation is 1. The number of hydrogen-bond acceptors (Lipinski definition) is 6. The fourth-order valence-corrected chi connectivity index (χ4v) is 4.01. The predicted molar refractivity (Wildman–Crippen MR) is 126 cm³/mol. The second-order valence-electron chi connectivity index (χ2n) is 8.82. The molecule has 2 N–H and O–H groups in total. The smallest absolute Gasteiger partial charge is 0.381 e. The lowest BCUT2D eigenvalue weighted by atomic mass is 10.1. The van der Waals surface area contributed by atoms with Gasteiger partial charge in [-0.1, -0.05) is 0 Å². The molecule has 0 radical (unpaired) electrons. The molecule has 4 aromatic rings. The molecule has 212 valence electrons. The normalized spacial score (nSPS) is 13.0. The van der Waals surface area contributed by atoms with E-state index >= 15 is 0 Å². The number of pyridine rings is 1. The van der Waals surface area contributed by atoms with Crippen LogP contribution in [0, 0.1) is 11.6 Å². The van der Waals surface area contributed by atoms with Crippen LogP contribution >= 0.6 is 0 Å². The molecule has 0 amide bonds. The molecule has 0 fully saturated rings. The predicted octanol–water partition coefficient (Wildman–Crippen LogP) is 5.14. The molecule has 0 aliphatic rings. The number of fused-ring (bicyclic) bond motifs is 1. The maximum Gasteiger partial charge on any atom is 0.423 e. The number of aromatic nitrogens is 5. The Morgan fingerprint density at radius 3 is 2.25 bits per heavy atom. The molecule has 3 heterocycles. The van der Waals surface area contributed by atoms with Gasteiger partial charge in [0.15, 0.2) is 5.82 Å². The highest BCUT2D eigenvalue weighted by Gasteiger charge is 2.37. The molecule has 1 aromatic carbocycles. The van der Waals surface area contributed by atoms with Gasteiger partial charge in [-0.2, -0.15) is 31.4 Å². The van der Waals surface area contributed by atoms with Gasteiger partial charge in [-0.15, -0.1) is 0 Å². The van der Waals surface area contributed by atoms with Crippen molar-refractivity contribution in [2.24, 2.45) is 0 Å². The zero-order chi connectivity index (χ0) is 29.4. The van der Waals surface area contributed by atoms with Crippen molar-refractivity contribution in [2.45, 2.75) is 44.7 Å². The minimum absolute atomic E-state index is 0.0805. The molecule has 0 spiro atoms. The number of hydrogen-bond donors (Lipinski definition) is 2. The van der Waals surface area contributed by atoms with Gasteiger partial charge in [0.05, 0.1) is 28.4 Å². The van der Waals surface area contributed by atoms with Crippen LogP contribution < -0.4 is 16.4 Å². The molecule has 0 bridgehead atoms. The van der Waals surface area contributed by atoms with Crippen LogP contribution in [0.25, 0.3) is 22.2 Å². The SMILES string of the molecule is CC(CCCn1cc(F)c2cc(-c3ncc(C(F)(F)F)cn3)c(F)cc2c1=O)Nc1cn[nH]c(=O)c1C(F)(F)F. The van der Waals surface area contributed by atoms with Crippen LogP contribution in [0.2, 0.25) is 0 Å². The lowest BCUT2D eigenvalue weighted by Gasteiger charge is -2.18. The number of aromatic amines is 1. The average Bonchev–Trinajstić information content (AvgIpc) is 2.85. The molecule has 40 heavy (non-hydrogen) atoms. The van der Waals surface area contributed by atoms with Crippen LogP contribution in [0.3, 0.4) is 0 Å². The molecule has 1 atom stereocenters. The third kappa shape index (κ3) is 5.94. The topological polar surface area (TPSA) is 106 Å². The average molecular weight is 574 g/mol. The minimum Gasteiger partial charge on any atom is -0.381 e. The molecular formula is C24H18F8N6O2. The van der Waals surface area contributed by atoms with Crippen molar-refractivity contribution in [2.75, 3.05) is 5.32 Å².